The van der Waals surface area contributed by atoms with Crippen molar-refractivity contribution in [1.29, 1.82) is 0 Å². The monoisotopic (exact) mass is 212 g/mol. The van der Waals surface area contributed by atoms with Gasteiger partial charge in [-0.1, -0.05) is 13.8 Å². The summed E-state index contributed by atoms with van der Waals surface area (Å²) in [5.41, 5.74) is 0. The second-order valence-electron chi connectivity index (χ2n) is 3.60. The normalized spacial score (nSPS) is 10.3. The lowest BCUT2D eigenvalue weighted by Crippen LogP contribution is -2.31. The third-order valence-electron chi connectivity index (χ3n) is 1.63. The summed E-state index contributed by atoms with van der Waals surface area (Å²) < 4.78 is 1.73. The van der Waals surface area contributed by atoms with Crippen molar-refractivity contribution in [1.82, 2.24) is 15.1 Å². The van der Waals surface area contributed by atoms with Crippen molar-refractivity contribution in [2.75, 3.05) is 11.9 Å². The Hall–Kier alpha value is -1.10. The maximum atomic E-state index is 5.09. The molecule has 0 amide bonds. The van der Waals surface area contributed by atoms with Crippen molar-refractivity contribution >= 4 is 23.1 Å². The predicted molar refractivity (Wildman–Crippen MR) is 62.3 cm³/mol. The maximum absolute atomic E-state index is 5.09. The van der Waals surface area contributed by atoms with Crippen molar-refractivity contribution < 1.29 is 0 Å². The molecule has 78 valence electrons. The molecule has 0 spiro atoms. The average molecular weight is 212 g/mol. The summed E-state index contributed by atoms with van der Waals surface area (Å²) in [6, 6.07) is 1.88. The van der Waals surface area contributed by atoms with Gasteiger partial charge < -0.3 is 10.6 Å². The average Bonchev–Trinajstić information content (AvgIpc) is 2.48. The molecule has 0 bridgehead atoms. The number of nitrogens with zero attached hydrogens (tertiary/aromatic N) is 2. The summed E-state index contributed by atoms with van der Waals surface area (Å²) in [5.74, 6) is 1.35. The topological polar surface area (TPSA) is 41.9 Å². The lowest BCUT2D eigenvalue weighted by molar-refractivity contribution is 0.627. The van der Waals surface area contributed by atoms with E-state index in [0.29, 0.717) is 11.0 Å². The van der Waals surface area contributed by atoms with Gasteiger partial charge in [0.05, 0.1) is 0 Å². The number of aryl methyl sites for hydroxylation is 1. The summed E-state index contributed by atoms with van der Waals surface area (Å²) in [5, 5.41) is 10.9. The molecule has 1 rings (SSSR count). The number of thiocarbonyl (C=S) groups is 1. The van der Waals surface area contributed by atoms with Crippen LogP contribution in [0.15, 0.2) is 12.3 Å². The zero-order valence-electron chi connectivity index (χ0n) is 8.74. The Morgan fingerprint density at radius 2 is 2.36 bits per heavy atom. The number of aromatic nitrogens is 2. The van der Waals surface area contributed by atoms with Crippen LogP contribution in [0, 0.1) is 5.92 Å². The molecule has 1 aromatic rings. The Kier molecular flexibility index (Phi) is 3.88. The van der Waals surface area contributed by atoms with E-state index < -0.39 is 0 Å². The fourth-order valence-electron chi connectivity index (χ4n) is 0.939. The third kappa shape index (κ3) is 3.74. The van der Waals surface area contributed by atoms with Gasteiger partial charge in [-0.2, -0.15) is 5.10 Å². The molecule has 0 unspecified atom stereocenters. The first kappa shape index (κ1) is 11.0. The van der Waals surface area contributed by atoms with E-state index in [0.717, 1.165) is 12.4 Å². The number of hydrogen-bond donors (Lipinski definition) is 2. The number of nitrogens with one attached hydrogen (secondary N) is 2. The van der Waals surface area contributed by atoms with E-state index in [1.54, 1.807) is 4.68 Å². The molecule has 0 aromatic carbocycles. The van der Waals surface area contributed by atoms with Gasteiger partial charge in [-0.3, -0.25) is 4.68 Å². The summed E-state index contributed by atoms with van der Waals surface area (Å²) in [6.45, 7) is 5.14. The molecule has 0 fully saturated rings. The second kappa shape index (κ2) is 4.95. The highest BCUT2D eigenvalue weighted by molar-refractivity contribution is 7.80. The maximum Gasteiger partial charge on any atom is 0.171 e. The number of anilines is 1. The first-order valence-electron chi connectivity index (χ1n) is 4.62. The third-order valence-corrected chi connectivity index (χ3v) is 1.87. The van der Waals surface area contributed by atoms with Crippen LogP contribution in [-0.2, 0) is 7.05 Å². The van der Waals surface area contributed by atoms with E-state index in [-0.39, 0.29) is 0 Å². The molecular weight excluding hydrogens is 196 g/mol. The fraction of sp³-hybridized carbons (Fsp3) is 0.556. The Balaban J connectivity index is 2.34. The predicted octanol–water partition coefficient (Wildman–Crippen LogP) is 1.36. The van der Waals surface area contributed by atoms with E-state index in [2.05, 4.69) is 29.6 Å². The highest BCUT2D eigenvalue weighted by Crippen LogP contribution is 2.00. The van der Waals surface area contributed by atoms with E-state index in [9.17, 15) is 0 Å². The van der Waals surface area contributed by atoms with Crippen molar-refractivity contribution in [3.05, 3.63) is 12.3 Å². The van der Waals surface area contributed by atoms with Crippen LogP contribution < -0.4 is 10.6 Å². The van der Waals surface area contributed by atoms with Crippen LogP contribution in [0.1, 0.15) is 13.8 Å². The summed E-state index contributed by atoms with van der Waals surface area (Å²) in [6.07, 6.45) is 1.87. The SMILES string of the molecule is CC(C)CNC(=S)Nc1ccn(C)n1. The van der Waals surface area contributed by atoms with Crippen molar-refractivity contribution in [3.63, 3.8) is 0 Å². The minimum atomic E-state index is 0.582. The molecular formula is C9H16N4S. The number of hydrogen-bond acceptors (Lipinski definition) is 2. The van der Waals surface area contributed by atoms with Crippen LogP contribution >= 0.6 is 12.2 Å². The van der Waals surface area contributed by atoms with Gasteiger partial charge in [0.25, 0.3) is 0 Å². The van der Waals surface area contributed by atoms with Gasteiger partial charge in [-0.15, -0.1) is 0 Å². The molecule has 0 aliphatic rings. The highest BCUT2D eigenvalue weighted by Gasteiger charge is 2.00. The zero-order chi connectivity index (χ0) is 10.6. The quantitative estimate of drug-likeness (QED) is 0.742. The summed E-state index contributed by atoms with van der Waals surface area (Å²) in [7, 11) is 1.87. The molecule has 0 aliphatic heterocycles. The van der Waals surface area contributed by atoms with Gasteiger partial charge in [0.1, 0.15) is 0 Å². The Morgan fingerprint density at radius 3 is 2.86 bits per heavy atom. The smallest absolute Gasteiger partial charge is 0.171 e. The largest absolute Gasteiger partial charge is 0.362 e. The van der Waals surface area contributed by atoms with Gasteiger partial charge in [-0.05, 0) is 18.1 Å². The molecule has 1 heterocycles. The van der Waals surface area contributed by atoms with Crippen molar-refractivity contribution in [2.45, 2.75) is 13.8 Å². The molecule has 5 heteroatoms. The van der Waals surface area contributed by atoms with E-state index in [1.807, 2.05) is 19.3 Å². The number of rotatable bonds is 3. The van der Waals surface area contributed by atoms with Gasteiger partial charge >= 0.3 is 0 Å². The van der Waals surface area contributed by atoms with Crippen LogP contribution in [0.5, 0.6) is 0 Å². The van der Waals surface area contributed by atoms with Crippen molar-refractivity contribution in [2.24, 2.45) is 13.0 Å². The van der Waals surface area contributed by atoms with Gasteiger partial charge in [0, 0.05) is 25.9 Å². The first-order valence-corrected chi connectivity index (χ1v) is 5.03. The standard InChI is InChI=1S/C9H16N4S/c1-7(2)6-10-9(14)11-8-4-5-13(3)12-8/h4-5,7H,6H2,1-3H3,(H2,10,11,12,14). The van der Waals surface area contributed by atoms with Crippen LogP contribution in [0.25, 0.3) is 0 Å². The lowest BCUT2D eigenvalue weighted by atomic mass is 10.2. The molecule has 0 atom stereocenters. The van der Waals surface area contributed by atoms with Crippen LogP contribution in [0.4, 0.5) is 5.82 Å². The molecule has 2 N–H and O–H groups in total. The van der Waals surface area contributed by atoms with Crippen LogP contribution in [0.3, 0.4) is 0 Å². The van der Waals surface area contributed by atoms with Gasteiger partial charge in [0.15, 0.2) is 10.9 Å². The fourth-order valence-corrected chi connectivity index (χ4v) is 1.13. The molecule has 0 radical (unpaired) electrons. The van der Waals surface area contributed by atoms with Gasteiger partial charge in [0.2, 0.25) is 0 Å². The Bertz CT molecular complexity index is 306. The van der Waals surface area contributed by atoms with Gasteiger partial charge in [-0.25, -0.2) is 0 Å². The lowest BCUT2D eigenvalue weighted by Gasteiger charge is -2.10. The minimum absolute atomic E-state index is 0.582. The molecule has 0 aliphatic carbocycles. The van der Waals surface area contributed by atoms with E-state index in [4.69, 9.17) is 12.2 Å². The molecule has 1 aromatic heterocycles. The van der Waals surface area contributed by atoms with E-state index in [1.165, 1.54) is 0 Å². The molecule has 0 saturated heterocycles. The Morgan fingerprint density at radius 1 is 1.64 bits per heavy atom. The van der Waals surface area contributed by atoms with Crippen LogP contribution in [-0.4, -0.2) is 21.4 Å². The first-order chi connectivity index (χ1) is 6.58. The van der Waals surface area contributed by atoms with Crippen molar-refractivity contribution in [3.8, 4) is 0 Å². The van der Waals surface area contributed by atoms with Crippen LogP contribution in [0.2, 0.25) is 0 Å². The molecule has 0 saturated carbocycles. The summed E-state index contributed by atoms with van der Waals surface area (Å²) >= 11 is 5.09. The highest BCUT2D eigenvalue weighted by atomic mass is 32.1. The zero-order valence-corrected chi connectivity index (χ0v) is 9.56. The van der Waals surface area contributed by atoms with E-state index >= 15 is 0 Å². The molecule has 14 heavy (non-hydrogen) atoms. The summed E-state index contributed by atoms with van der Waals surface area (Å²) in [4.78, 5) is 0. The molecule has 4 nitrogen and oxygen atoms in total. The minimum Gasteiger partial charge on any atom is -0.362 e. The second-order valence-corrected chi connectivity index (χ2v) is 4.01. The Labute approximate surface area is 89.7 Å².